The van der Waals surface area contributed by atoms with Gasteiger partial charge in [0.25, 0.3) is 12.0 Å². The molecule has 39 heavy (non-hydrogen) atoms. The molecule has 8 nitrogen and oxygen atoms in total. The third-order valence-electron chi connectivity index (χ3n) is 8.07. The van der Waals surface area contributed by atoms with Gasteiger partial charge in [0.15, 0.2) is 0 Å². The van der Waals surface area contributed by atoms with Gasteiger partial charge in [0.1, 0.15) is 11.6 Å². The summed E-state index contributed by atoms with van der Waals surface area (Å²) in [5, 5.41) is 5.04. The smallest absolute Gasteiger partial charge is 0.264 e. The number of nitrogens with zero attached hydrogens (tertiary/aromatic N) is 7. The molecule has 0 saturated carbocycles. The first-order valence-electron chi connectivity index (χ1n) is 13.4. The monoisotopic (exact) mass is 533 g/mol. The Kier molecular flexibility index (Phi) is 6.37. The topological polar surface area (TPSA) is 62.4 Å². The second-order valence-corrected chi connectivity index (χ2v) is 10.7. The van der Waals surface area contributed by atoms with E-state index < -0.39 is 6.43 Å². The predicted molar refractivity (Wildman–Crippen MR) is 150 cm³/mol. The molecule has 2 aliphatic rings. The summed E-state index contributed by atoms with van der Waals surface area (Å²) in [4.78, 5) is 24.7. The Balaban J connectivity index is 1.56. The number of benzene rings is 1. The van der Waals surface area contributed by atoms with Crippen molar-refractivity contribution in [3.63, 3.8) is 0 Å². The highest BCUT2D eigenvalue weighted by molar-refractivity contribution is 5.95. The second-order valence-electron chi connectivity index (χ2n) is 10.7. The zero-order valence-corrected chi connectivity index (χ0v) is 22.8. The summed E-state index contributed by atoms with van der Waals surface area (Å²) < 4.78 is 32.2. The van der Waals surface area contributed by atoms with Crippen LogP contribution in [-0.2, 0) is 20.5 Å². The van der Waals surface area contributed by atoms with E-state index in [9.17, 15) is 13.6 Å². The zero-order chi connectivity index (χ0) is 27.4. The van der Waals surface area contributed by atoms with Gasteiger partial charge in [-0.1, -0.05) is 0 Å². The molecule has 0 unspecified atom stereocenters. The van der Waals surface area contributed by atoms with Crippen molar-refractivity contribution in [2.45, 2.75) is 26.2 Å². The van der Waals surface area contributed by atoms with E-state index in [1.807, 2.05) is 18.2 Å². The van der Waals surface area contributed by atoms with Crippen LogP contribution < -0.4 is 15.4 Å². The van der Waals surface area contributed by atoms with Crippen molar-refractivity contribution in [1.29, 1.82) is 0 Å². The van der Waals surface area contributed by atoms with Crippen molar-refractivity contribution < 1.29 is 8.78 Å². The van der Waals surface area contributed by atoms with Crippen LogP contribution in [0, 0.1) is 6.92 Å². The van der Waals surface area contributed by atoms with Crippen LogP contribution >= 0.6 is 0 Å². The van der Waals surface area contributed by atoms with Crippen molar-refractivity contribution in [3.8, 4) is 11.1 Å². The Labute approximate surface area is 226 Å². The molecule has 204 valence electrons. The van der Waals surface area contributed by atoms with Gasteiger partial charge in [-0.25, -0.2) is 13.8 Å². The summed E-state index contributed by atoms with van der Waals surface area (Å²) in [6.07, 6.45) is 2.41. The predicted octanol–water partition coefficient (Wildman–Crippen LogP) is 4.42. The van der Waals surface area contributed by atoms with E-state index >= 15 is 0 Å². The molecule has 1 saturated heterocycles. The third kappa shape index (κ3) is 4.46. The van der Waals surface area contributed by atoms with E-state index in [0.717, 1.165) is 67.0 Å². The van der Waals surface area contributed by atoms with Crippen LogP contribution in [0.5, 0.6) is 0 Å². The lowest BCUT2D eigenvalue weighted by Crippen LogP contribution is -2.45. The molecule has 0 aliphatic carbocycles. The fourth-order valence-corrected chi connectivity index (χ4v) is 5.85. The molecule has 0 spiro atoms. The minimum atomic E-state index is -2.64. The highest BCUT2D eigenvalue weighted by Crippen LogP contribution is 2.43. The van der Waals surface area contributed by atoms with E-state index in [-0.39, 0.29) is 11.1 Å². The van der Waals surface area contributed by atoms with Gasteiger partial charge in [0.2, 0.25) is 0 Å². The molecule has 4 aromatic rings. The van der Waals surface area contributed by atoms with E-state index in [1.54, 1.807) is 48.7 Å². The lowest BCUT2D eigenvalue weighted by molar-refractivity contribution is 0.152. The number of alkyl halides is 2. The molecule has 3 aromatic heterocycles. The van der Waals surface area contributed by atoms with Crippen molar-refractivity contribution in [2.24, 2.45) is 14.1 Å². The van der Waals surface area contributed by atoms with Crippen LogP contribution in [0.2, 0.25) is 0 Å². The molecule has 10 heteroatoms. The van der Waals surface area contributed by atoms with Gasteiger partial charge in [-0.2, -0.15) is 5.10 Å². The molecule has 1 fully saturated rings. The Morgan fingerprint density at radius 2 is 1.74 bits per heavy atom. The molecule has 6 rings (SSSR count). The van der Waals surface area contributed by atoms with Gasteiger partial charge in [-0.05, 0) is 56.1 Å². The number of aromatic nitrogens is 4. The van der Waals surface area contributed by atoms with E-state index in [2.05, 4.69) is 26.8 Å². The van der Waals surface area contributed by atoms with Crippen LogP contribution in [0.1, 0.15) is 29.5 Å². The first-order chi connectivity index (χ1) is 18.7. The number of hydrogen-bond donors (Lipinski definition) is 0. The van der Waals surface area contributed by atoms with Crippen molar-refractivity contribution in [2.75, 3.05) is 49.6 Å². The minimum absolute atomic E-state index is 0.0169. The van der Waals surface area contributed by atoms with E-state index in [0.29, 0.717) is 29.1 Å². The number of piperazine rings is 1. The fourth-order valence-electron chi connectivity index (χ4n) is 5.85. The van der Waals surface area contributed by atoms with Crippen molar-refractivity contribution in [3.05, 3.63) is 63.7 Å². The molecule has 1 aromatic carbocycles. The number of rotatable bonds is 4. The summed E-state index contributed by atoms with van der Waals surface area (Å²) in [5.74, 6) is 1.51. The highest BCUT2D eigenvalue weighted by atomic mass is 19.3. The van der Waals surface area contributed by atoms with E-state index in [1.165, 1.54) is 0 Å². The molecule has 0 atom stereocenters. The Hall–Kier alpha value is -3.79. The molecule has 0 N–H and O–H groups in total. The number of aryl methyl sites for hydroxylation is 4. The summed E-state index contributed by atoms with van der Waals surface area (Å²) in [6.45, 7) is 5.95. The van der Waals surface area contributed by atoms with Crippen molar-refractivity contribution >= 4 is 28.2 Å². The Bertz CT molecular complexity index is 1620. The SMILES string of the molecule is Cc1cc2c(N3CCCc4cc(-c5cnn(C)c5)c(C(F)F)cc43)nc(N3CCN(C)CC3)cc2n(C)c1=O. The molecule has 5 heterocycles. The standard InChI is InChI=1S/C29H33F2N7O/c1-18-12-23-25(36(4)29(18)39)15-26(37-10-8-34(2)9-11-37)33-28(23)38-7-5-6-19-13-21(20-16-32-35(3)17-20)22(27(30)31)14-24(19)38/h12-17,27H,5-11H2,1-4H3. The number of anilines is 3. The van der Waals surface area contributed by atoms with Crippen LogP contribution in [0.25, 0.3) is 22.0 Å². The Morgan fingerprint density at radius 1 is 0.974 bits per heavy atom. The number of pyridine rings is 2. The fraction of sp³-hybridized carbons (Fsp3) is 0.414. The van der Waals surface area contributed by atoms with Crippen LogP contribution in [0.4, 0.5) is 26.1 Å². The second kappa shape index (κ2) is 9.75. The lowest BCUT2D eigenvalue weighted by atomic mass is 9.93. The zero-order valence-electron chi connectivity index (χ0n) is 22.8. The summed E-state index contributed by atoms with van der Waals surface area (Å²) in [5.41, 5.74) is 4.29. The van der Waals surface area contributed by atoms with Gasteiger partial charge in [-0.3, -0.25) is 9.48 Å². The molecular formula is C29H33F2N7O. The van der Waals surface area contributed by atoms with Gasteiger partial charge in [-0.15, -0.1) is 0 Å². The maximum absolute atomic E-state index is 14.5. The minimum Gasteiger partial charge on any atom is -0.354 e. The van der Waals surface area contributed by atoms with Crippen LogP contribution in [0.3, 0.4) is 0 Å². The van der Waals surface area contributed by atoms with Crippen LogP contribution in [-0.4, -0.2) is 64.0 Å². The third-order valence-corrected chi connectivity index (χ3v) is 8.07. The van der Waals surface area contributed by atoms with Gasteiger partial charge in [0.05, 0.1) is 11.7 Å². The quantitative estimate of drug-likeness (QED) is 0.387. The number of halogens is 2. The summed E-state index contributed by atoms with van der Waals surface area (Å²) in [7, 11) is 5.67. The normalized spacial score (nSPS) is 16.4. The molecule has 2 aliphatic heterocycles. The maximum Gasteiger partial charge on any atom is 0.264 e. The van der Waals surface area contributed by atoms with Crippen molar-refractivity contribution in [1.82, 2.24) is 24.2 Å². The highest BCUT2D eigenvalue weighted by Gasteiger charge is 2.28. The lowest BCUT2D eigenvalue weighted by Gasteiger charge is -2.36. The Morgan fingerprint density at radius 3 is 2.44 bits per heavy atom. The van der Waals surface area contributed by atoms with Crippen LogP contribution in [0.15, 0.2) is 41.5 Å². The van der Waals surface area contributed by atoms with E-state index in [4.69, 9.17) is 4.98 Å². The average Bonchev–Trinajstić information content (AvgIpc) is 3.37. The summed E-state index contributed by atoms with van der Waals surface area (Å²) >= 11 is 0. The number of likely N-dealkylation sites (N-methyl/N-ethyl adjacent to an activating group) is 1. The molecule has 0 bridgehead atoms. The molecular weight excluding hydrogens is 500 g/mol. The first kappa shape index (κ1) is 25.5. The number of hydrogen-bond acceptors (Lipinski definition) is 6. The van der Waals surface area contributed by atoms with Gasteiger partial charge in [0, 0.05) is 86.8 Å². The molecule has 0 amide bonds. The van der Waals surface area contributed by atoms with Gasteiger partial charge >= 0.3 is 0 Å². The first-order valence-corrected chi connectivity index (χ1v) is 13.4. The largest absolute Gasteiger partial charge is 0.354 e. The van der Waals surface area contributed by atoms with Gasteiger partial charge < -0.3 is 19.3 Å². The average molecular weight is 534 g/mol. The number of fused-ring (bicyclic) bond motifs is 2. The molecule has 0 radical (unpaired) electrons. The maximum atomic E-state index is 14.5. The summed E-state index contributed by atoms with van der Waals surface area (Å²) in [6, 6.07) is 7.41.